The molecule has 3 unspecified atom stereocenters. The van der Waals surface area contributed by atoms with Crippen molar-refractivity contribution in [1.82, 2.24) is 0 Å². The van der Waals surface area contributed by atoms with Crippen LogP contribution in [-0.2, 0) is 42.8 Å². The summed E-state index contributed by atoms with van der Waals surface area (Å²) in [6.07, 6.45) is 13.0. The molecule has 0 spiro atoms. The number of carbonyl (C=O) groups is 1. The van der Waals surface area contributed by atoms with E-state index >= 15 is 0 Å². The third-order valence-electron chi connectivity index (χ3n) is 7.04. The Kier molecular flexibility index (Phi) is 11.9. The highest BCUT2D eigenvalue weighted by Gasteiger charge is 2.49. The molecule has 0 aliphatic carbocycles. The van der Waals surface area contributed by atoms with E-state index in [9.17, 15) is 13.2 Å². The number of unbranched alkanes of at least 4 members (excludes halogenated alkanes) is 7. The molecule has 210 valence electrons. The zero-order valence-corrected chi connectivity index (χ0v) is 23.1. The first-order valence-electron chi connectivity index (χ1n) is 13.8. The molecule has 0 N–H and O–H groups in total. The van der Waals surface area contributed by atoms with Crippen LogP contribution in [0, 0.1) is 5.92 Å². The molecule has 0 saturated carbocycles. The largest absolute Gasteiger partial charge is 0.462 e. The van der Waals surface area contributed by atoms with E-state index in [-0.39, 0.29) is 19.0 Å². The number of rotatable bonds is 16. The normalized spacial score (nSPS) is 29.4. The maximum atomic E-state index is 12.6. The van der Waals surface area contributed by atoms with Crippen LogP contribution in [0.3, 0.4) is 0 Å². The summed E-state index contributed by atoms with van der Waals surface area (Å²) in [6.45, 7) is 5.30. The molecule has 0 aromatic heterocycles. The van der Waals surface area contributed by atoms with E-state index in [1.54, 1.807) is 13.8 Å². The van der Waals surface area contributed by atoms with Crippen molar-refractivity contribution in [3.05, 3.63) is 0 Å². The molecule has 3 heterocycles. The van der Waals surface area contributed by atoms with Crippen molar-refractivity contribution in [2.75, 3.05) is 26.1 Å². The molecular weight excluding hydrogens is 488 g/mol. The Hall–Kier alpha value is -0.780. The van der Waals surface area contributed by atoms with Gasteiger partial charge in [-0.25, -0.2) is 0 Å². The molecule has 0 bridgehead atoms. The summed E-state index contributed by atoms with van der Waals surface area (Å²) in [5.41, 5.74) is 0. The highest BCUT2D eigenvalue weighted by molar-refractivity contribution is 7.86. The van der Waals surface area contributed by atoms with Crippen LogP contribution in [0.25, 0.3) is 0 Å². The summed E-state index contributed by atoms with van der Waals surface area (Å²) in [5, 5.41) is 0. The lowest BCUT2D eigenvalue weighted by Gasteiger charge is -2.26. The molecular formula is C26H46O9S. The summed E-state index contributed by atoms with van der Waals surface area (Å²) in [4.78, 5) is 12.6. The first-order chi connectivity index (χ1) is 17.1. The Balaban J connectivity index is 1.26. The van der Waals surface area contributed by atoms with E-state index in [1.807, 2.05) is 0 Å². The number of ether oxygens (including phenoxy) is 5. The van der Waals surface area contributed by atoms with Gasteiger partial charge >= 0.3 is 5.97 Å². The summed E-state index contributed by atoms with van der Waals surface area (Å²) in [5.74, 6) is -1.94. The smallest absolute Gasteiger partial charge is 0.312 e. The molecule has 10 heteroatoms. The molecule has 5 atom stereocenters. The second-order valence-corrected chi connectivity index (χ2v) is 12.4. The number of carbonyl (C=O) groups excluding carboxylic acids is 1. The van der Waals surface area contributed by atoms with Gasteiger partial charge in [0.15, 0.2) is 12.1 Å². The first kappa shape index (κ1) is 29.8. The lowest BCUT2D eigenvalue weighted by Crippen LogP contribution is -2.42. The fourth-order valence-corrected chi connectivity index (χ4v) is 5.85. The Labute approximate surface area is 217 Å². The van der Waals surface area contributed by atoms with Crippen molar-refractivity contribution in [1.29, 1.82) is 0 Å². The molecule has 0 aromatic rings. The summed E-state index contributed by atoms with van der Waals surface area (Å²) in [7, 11) is -3.78. The van der Waals surface area contributed by atoms with Crippen molar-refractivity contribution in [3.8, 4) is 0 Å². The average molecular weight is 535 g/mol. The zero-order chi connectivity index (χ0) is 26.0. The van der Waals surface area contributed by atoms with Crippen molar-refractivity contribution in [3.63, 3.8) is 0 Å². The highest BCUT2D eigenvalue weighted by Crippen LogP contribution is 2.35. The molecule has 3 aliphatic heterocycles. The van der Waals surface area contributed by atoms with E-state index in [0.717, 1.165) is 58.0 Å². The molecule has 0 aromatic carbocycles. The Bertz CT molecular complexity index is 763. The van der Waals surface area contributed by atoms with Crippen LogP contribution in [0.5, 0.6) is 0 Å². The van der Waals surface area contributed by atoms with Gasteiger partial charge in [-0.3, -0.25) is 8.98 Å². The minimum Gasteiger partial charge on any atom is -0.462 e. The summed E-state index contributed by atoms with van der Waals surface area (Å²) in [6, 6.07) is 0. The van der Waals surface area contributed by atoms with Crippen LogP contribution >= 0.6 is 0 Å². The Morgan fingerprint density at radius 1 is 1.03 bits per heavy atom. The van der Waals surface area contributed by atoms with E-state index < -0.39 is 40.0 Å². The SMILES string of the molecule is CC1(C)OC[C@@H](C(OS(C)(=O)=O)C2C[C@@H](CCCCCCCCCCOC3CCCCO3)OC2=O)O1. The van der Waals surface area contributed by atoms with Crippen LogP contribution in [0.15, 0.2) is 0 Å². The van der Waals surface area contributed by atoms with Gasteiger partial charge in [-0.15, -0.1) is 0 Å². The lowest BCUT2D eigenvalue weighted by atomic mass is 9.93. The Morgan fingerprint density at radius 2 is 1.72 bits per heavy atom. The van der Waals surface area contributed by atoms with Crippen molar-refractivity contribution in [2.24, 2.45) is 5.92 Å². The number of hydrogen-bond donors (Lipinski definition) is 0. The summed E-state index contributed by atoms with van der Waals surface area (Å²) < 4.78 is 57.3. The van der Waals surface area contributed by atoms with Crippen LogP contribution < -0.4 is 0 Å². The first-order valence-corrected chi connectivity index (χ1v) is 15.6. The number of esters is 1. The van der Waals surface area contributed by atoms with Gasteiger partial charge in [-0.05, 0) is 52.4 Å². The van der Waals surface area contributed by atoms with Crippen LogP contribution in [0.1, 0.15) is 97.3 Å². The van der Waals surface area contributed by atoms with E-state index in [2.05, 4.69) is 0 Å². The highest BCUT2D eigenvalue weighted by atomic mass is 32.2. The topological polar surface area (TPSA) is 107 Å². The van der Waals surface area contributed by atoms with Crippen LogP contribution in [-0.4, -0.2) is 70.9 Å². The monoisotopic (exact) mass is 534 g/mol. The van der Waals surface area contributed by atoms with Crippen LogP contribution in [0.4, 0.5) is 0 Å². The van der Waals surface area contributed by atoms with Gasteiger partial charge in [-0.2, -0.15) is 8.42 Å². The minimum absolute atomic E-state index is 0.0171. The molecule has 3 rings (SSSR count). The van der Waals surface area contributed by atoms with E-state index in [4.69, 9.17) is 27.9 Å². The standard InChI is InChI=1S/C26H46O9S/c1-26(2)32-19-22(34-26)24(35-36(3,28)29)21-18-20(33-25(21)27)14-10-8-6-4-5-7-9-12-16-30-23-15-11-13-17-31-23/h20-24H,4-19H2,1-3H3/t20-,21?,22+,23?,24?/m1/s1. The average Bonchev–Trinajstić information content (AvgIpc) is 3.37. The fraction of sp³-hybridized carbons (Fsp3) is 0.962. The molecule has 3 fully saturated rings. The maximum Gasteiger partial charge on any atom is 0.312 e. The van der Waals surface area contributed by atoms with Gasteiger partial charge in [-0.1, -0.05) is 38.5 Å². The van der Waals surface area contributed by atoms with Gasteiger partial charge < -0.3 is 23.7 Å². The molecule has 3 aliphatic rings. The van der Waals surface area contributed by atoms with Crippen molar-refractivity contribution in [2.45, 2.75) is 128 Å². The molecule has 9 nitrogen and oxygen atoms in total. The van der Waals surface area contributed by atoms with E-state index in [0.29, 0.717) is 6.42 Å². The third-order valence-corrected chi connectivity index (χ3v) is 7.62. The Morgan fingerprint density at radius 3 is 2.33 bits per heavy atom. The van der Waals surface area contributed by atoms with Gasteiger partial charge in [0, 0.05) is 19.6 Å². The molecule has 0 amide bonds. The predicted molar refractivity (Wildman–Crippen MR) is 134 cm³/mol. The summed E-state index contributed by atoms with van der Waals surface area (Å²) >= 11 is 0. The van der Waals surface area contributed by atoms with Gasteiger partial charge in [0.2, 0.25) is 0 Å². The molecule has 36 heavy (non-hydrogen) atoms. The third kappa shape index (κ3) is 10.5. The lowest BCUT2D eigenvalue weighted by molar-refractivity contribution is -0.162. The van der Waals surface area contributed by atoms with Gasteiger partial charge in [0.05, 0.1) is 18.8 Å². The van der Waals surface area contributed by atoms with Gasteiger partial charge in [0.1, 0.15) is 18.3 Å². The predicted octanol–water partition coefficient (Wildman–Crippen LogP) is 4.47. The molecule has 0 radical (unpaired) electrons. The van der Waals surface area contributed by atoms with Crippen molar-refractivity contribution < 1.29 is 41.1 Å². The maximum absolute atomic E-state index is 12.6. The van der Waals surface area contributed by atoms with Gasteiger partial charge in [0.25, 0.3) is 10.1 Å². The quantitative estimate of drug-likeness (QED) is 0.161. The fourth-order valence-electron chi connectivity index (χ4n) is 5.18. The van der Waals surface area contributed by atoms with E-state index in [1.165, 1.54) is 38.5 Å². The second kappa shape index (κ2) is 14.4. The van der Waals surface area contributed by atoms with Crippen molar-refractivity contribution >= 4 is 16.1 Å². The molecule has 3 saturated heterocycles. The van der Waals surface area contributed by atoms with Crippen LogP contribution in [0.2, 0.25) is 0 Å². The number of hydrogen-bond acceptors (Lipinski definition) is 9. The minimum atomic E-state index is -3.78. The zero-order valence-electron chi connectivity index (χ0n) is 22.3. The number of cyclic esters (lactones) is 1. The second-order valence-electron chi connectivity index (χ2n) is 10.8.